The van der Waals surface area contributed by atoms with Crippen molar-refractivity contribution >= 4 is 30.2 Å². The first-order valence-corrected chi connectivity index (χ1v) is 18.2. The molecule has 0 amide bonds. The molecule has 0 spiro atoms. The maximum Gasteiger partial charge on any atom is 0.347 e. The van der Waals surface area contributed by atoms with Crippen LogP contribution in [0.25, 0.3) is 11.1 Å². The monoisotopic (exact) mass is 827 g/mol. The van der Waals surface area contributed by atoms with E-state index in [0.29, 0.717) is 29.1 Å². The highest BCUT2D eigenvalue weighted by Crippen LogP contribution is 2.36. The topological polar surface area (TPSA) is 181 Å². The Morgan fingerprint density at radius 2 is 0.967 bits per heavy atom. The molecule has 6 aromatic rings. The summed E-state index contributed by atoms with van der Waals surface area (Å²) in [5.41, 5.74) is 2.71. The smallest absolute Gasteiger partial charge is 0.347 e. The maximum atomic E-state index is 13.0. The number of aromatic nitrogens is 1. The van der Waals surface area contributed by atoms with Crippen LogP contribution in [0.15, 0.2) is 109 Å². The van der Waals surface area contributed by atoms with Gasteiger partial charge in [-0.1, -0.05) is 18.2 Å². The van der Waals surface area contributed by atoms with Gasteiger partial charge in [0.2, 0.25) is 5.88 Å². The number of aryl methyl sites for hydroxylation is 1. The van der Waals surface area contributed by atoms with Crippen LogP contribution in [0.4, 0.5) is 0 Å². The van der Waals surface area contributed by atoms with Crippen molar-refractivity contribution in [2.75, 3.05) is 35.5 Å². The van der Waals surface area contributed by atoms with E-state index in [2.05, 4.69) is 4.98 Å². The van der Waals surface area contributed by atoms with Crippen LogP contribution in [0.5, 0.6) is 51.9 Å². The van der Waals surface area contributed by atoms with Crippen LogP contribution in [-0.2, 0) is 0 Å². The Labute approximate surface area is 349 Å². The van der Waals surface area contributed by atoms with Crippen LogP contribution >= 0.6 is 0 Å². The number of rotatable bonds is 15. The first-order chi connectivity index (χ1) is 29.5. The molecular weight excluding hydrogens is 790 g/mol. The third-order valence-corrected chi connectivity index (χ3v) is 9.07. The molecule has 0 atom stereocenters. The SMILES string of the molecule is COc1cc(C=O)c(C(=O)Oc2ccc(C(=O)Oc3ccc(-c4ccc(OC(=O)c5ccc(OC(=O)c6cc(OC)c(OC)cc6OC)cc5)c(C)c4)cc3)cn2)cc1OC. The standard InChI is InChI=1S/C46H37NO14/c1-26-19-29(11-17-36(26)60-43(49)28-9-15-33(16-10-28)59-46(52)35-22-40(56-5)41(57-6)23-37(35)53-2)27-7-13-32(14-8-27)58-44(50)30-12-18-42(47-24-30)61-45(51)34-21-39(55-4)38(54-3)20-31(34)25-48/h7-25H,1-6H3. The Bertz CT molecular complexity index is 2600. The fourth-order valence-electron chi connectivity index (χ4n) is 5.87. The van der Waals surface area contributed by atoms with Gasteiger partial charge in [0, 0.05) is 30.0 Å². The van der Waals surface area contributed by atoms with E-state index in [1.165, 1.54) is 102 Å². The molecule has 310 valence electrons. The maximum absolute atomic E-state index is 13.0. The highest BCUT2D eigenvalue weighted by Gasteiger charge is 2.22. The molecule has 0 aliphatic heterocycles. The van der Waals surface area contributed by atoms with Crippen LogP contribution in [0.3, 0.4) is 0 Å². The molecule has 0 unspecified atom stereocenters. The van der Waals surface area contributed by atoms with Gasteiger partial charge in [0.25, 0.3) is 0 Å². The third-order valence-electron chi connectivity index (χ3n) is 9.07. The Morgan fingerprint density at radius 3 is 1.54 bits per heavy atom. The first kappa shape index (κ1) is 42.4. The molecule has 0 saturated carbocycles. The Balaban J connectivity index is 1.03. The minimum atomic E-state index is -0.864. The number of carbonyl (C=O) groups is 5. The van der Waals surface area contributed by atoms with E-state index >= 15 is 0 Å². The molecule has 0 radical (unpaired) electrons. The number of esters is 4. The largest absolute Gasteiger partial charge is 0.496 e. The number of pyridine rings is 1. The molecule has 15 nitrogen and oxygen atoms in total. The highest BCUT2D eigenvalue weighted by atomic mass is 16.6. The molecule has 6 rings (SSSR count). The number of nitrogens with zero attached hydrogens (tertiary/aromatic N) is 1. The van der Waals surface area contributed by atoms with Crippen LogP contribution in [-0.4, -0.2) is 70.7 Å². The van der Waals surface area contributed by atoms with E-state index in [4.69, 9.17) is 42.6 Å². The molecule has 0 saturated heterocycles. The number of methoxy groups -OCH3 is 5. The van der Waals surface area contributed by atoms with Crippen molar-refractivity contribution in [2.24, 2.45) is 0 Å². The first-order valence-electron chi connectivity index (χ1n) is 18.2. The lowest BCUT2D eigenvalue weighted by molar-refractivity contribution is 0.0714. The summed E-state index contributed by atoms with van der Waals surface area (Å²) >= 11 is 0. The van der Waals surface area contributed by atoms with Crippen LogP contribution in [0.2, 0.25) is 0 Å². The van der Waals surface area contributed by atoms with Crippen molar-refractivity contribution in [2.45, 2.75) is 6.92 Å². The molecular formula is C46H37NO14. The van der Waals surface area contributed by atoms with Crippen molar-refractivity contribution in [3.63, 3.8) is 0 Å². The molecule has 15 heteroatoms. The van der Waals surface area contributed by atoms with Gasteiger partial charge in [-0.05, 0) is 90.3 Å². The molecule has 5 aromatic carbocycles. The second-order valence-electron chi connectivity index (χ2n) is 12.8. The van der Waals surface area contributed by atoms with Gasteiger partial charge < -0.3 is 42.6 Å². The molecule has 0 aliphatic carbocycles. The average Bonchev–Trinajstić information content (AvgIpc) is 3.29. The van der Waals surface area contributed by atoms with Gasteiger partial charge in [-0.2, -0.15) is 0 Å². The minimum Gasteiger partial charge on any atom is -0.496 e. The predicted octanol–water partition coefficient (Wildman–Crippen LogP) is 7.79. The predicted molar refractivity (Wildman–Crippen MR) is 218 cm³/mol. The number of hydrogen-bond acceptors (Lipinski definition) is 15. The number of hydrogen-bond donors (Lipinski definition) is 0. The molecule has 1 heterocycles. The number of benzene rings is 5. The van der Waals surface area contributed by atoms with Crippen molar-refractivity contribution in [1.82, 2.24) is 4.98 Å². The lowest BCUT2D eigenvalue weighted by Crippen LogP contribution is -2.13. The summed E-state index contributed by atoms with van der Waals surface area (Å²) in [5.74, 6) is -0.761. The van der Waals surface area contributed by atoms with Gasteiger partial charge in [0.05, 0.1) is 52.2 Å². The Kier molecular flexibility index (Phi) is 13.2. The lowest BCUT2D eigenvalue weighted by Gasteiger charge is -2.13. The van der Waals surface area contributed by atoms with Gasteiger partial charge >= 0.3 is 23.9 Å². The summed E-state index contributed by atoms with van der Waals surface area (Å²) in [6.07, 6.45) is 1.68. The Hall–Kier alpha value is -8.20. The molecule has 1 aromatic heterocycles. The van der Waals surface area contributed by atoms with Gasteiger partial charge in [0.15, 0.2) is 29.3 Å². The van der Waals surface area contributed by atoms with Crippen molar-refractivity contribution < 1.29 is 66.6 Å². The van der Waals surface area contributed by atoms with Gasteiger partial charge in [0.1, 0.15) is 28.6 Å². The summed E-state index contributed by atoms with van der Waals surface area (Å²) in [6, 6.07) is 26.3. The van der Waals surface area contributed by atoms with E-state index in [1.807, 2.05) is 6.07 Å². The van der Waals surface area contributed by atoms with E-state index in [-0.39, 0.29) is 62.4 Å². The molecule has 0 N–H and O–H groups in total. The Morgan fingerprint density at radius 1 is 0.459 bits per heavy atom. The van der Waals surface area contributed by atoms with Crippen LogP contribution < -0.4 is 42.6 Å². The van der Waals surface area contributed by atoms with Gasteiger partial charge in [-0.3, -0.25) is 4.79 Å². The zero-order valence-corrected chi connectivity index (χ0v) is 33.6. The molecule has 0 aliphatic rings. The van der Waals surface area contributed by atoms with Gasteiger partial charge in [-0.15, -0.1) is 0 Å². The summed E-state index contributed by atoms with van der Waals surface area (Å²) < 4.78 is 48.3. The van der Waals surface area contributed by atoms with E-state index in [1.54, 1.807) is 43.3 Å². The highest BCUT2D eigenvalue weighted by molar-refractivity contribution is 6.00. The minimum absolute atomic E-state index is 0.0290. The van der Waals surface area contributed by atoms with Crippen molar-refractivity contribution in [3.8, 4) is 63.0 Å². The van der Waals surface area contributed by atoms with Crippen molar-refractivity contribution in [3.05, 3.63) is 143 Å². The lowest BCUT2D eigenvalue weighted by atomic mass is 10.0. The second-order valence-corrected chi connectivity index (χ2v) is 12.8. The number of aldehydes is 1. The summed E-state index contributed by atoms with van der Waals surface area (Å²) in [6.45, 7) is 1.80. The second kappa shape index (κ2) is 19.0. The third kappa shape index (κ3) is 9.75. The summed E-state index contributed by atoms with van der Waals surface area (Å²) in [5, 5.41) is 0. The molecule has 0 fully saturated rings. The quantitative estimate of drug-likeness (QED) is 0.0555. The zero-order valence-electron chi connectivity index (χ0n) is 33.6. The number of ether oxygens (including phenoxy) is 9. The average molecular weight is 828 g/mol. The van der Waals surface area contributed by atoms with E-state index in [9.17, 15) is 24.0 Å². The van der Waals surface area contributed by atoms with Gasteiger partial charge in [-0.25, -0.2) is 24.2 Å². The zero-order chi connectivity index (χ0) is 43.6. The van der Waals surface area contributed by atoms with E-state index in [0.717, 1.165) is 11.1 Å². The van der Waals surface area contributed by atoms with Crippen molar-refractivity contribution in [1.29, 1.82) is 0 Å². The number of carbonyl (C=O) groups excluding carboxylic acids is 5. The van der Waals surface area contributed by atoms with E-state index < -0.39 is 23.9 Å². The normalized spacial score (nSPS) is 10.5. The summed E-state index contributed by atoms with van der Waals surface area (Å²) in [4.78, 5) is 67.4. The fraction of sp³-hybridized carbons (Fsp3) is 0.130. The fourth-order valence-corrected chi connectivity index (χ4v) is 5.87. The molecule has 0 bridgehead atoms. The molecule has 61 heavy (non-hydrogen) atoms. The summed E-state index contributed by atoms with van der Waals surface area (Å²) in [7, 11) is 7.11. The van der Waals surface area contributed by atoms with Crippen LogP contribution in [0.1, 0.15) is 57.4 Å². The van der Waals surface area contributed by atoms with Crippen LogP contribution in [0, 0.1) is 6.92 Å².